The van der Waals surface area contributed by atoms with E-state index in [0.29, 0.717) is 18.2 Å². The lowest BCUT2D eigenvalue weighted by atomic mass is 9.96. The zero-order valence-corrected chi connectivity index (χ0v) is 11.2. The van der Waals surface area contributed by atoms with Crippen LogP contribution in [-0.4, -0.2) is 49.3 Å². The van der Waals surface area contributed by atoms with Gasteiger partial charge in [-0.2, -0.15) is 0 Å². The van der Waals surface area contributed by atoms with Crippen molar-refractivity contribution >= 4 is 23.0 Å². The van der Waals surface area contributed by atoms with Crippen LogP contribution in [0.1, 0.15) is 19.3 Å². The topological polar surface area (TPSA) is 50.5 Å². The van der Waals surface area contributed by atoms with Crippen LogP contribution < -0.4 is 11.1 Å². The van der Waals surface area contributed by atoms with Gasteiger partial charge in [0.25, 0.3) is 0 Å². The highest BCUT2D eigenvalue weighted by Gasteiger charge is 2.30. The molecule has 2 saturated heterocycles. The van der Waals surface area contributed by atoms with E-state index in [1.165, 1.54) is 6.42 Å². The van der Waals surface area contributed by atoms with Crippen molar-refractivity contribution in [3.8, 4) is 0 Å². The van der Waals surface area contributed by atoms with Crippen molar-refractivity contribution in [3.05, 3.63) is 0 Å². The highest BCUT2D eigenvalue weighted by Crippen LogP contribution is 2.20. The molecule has 2 fully saturated rings. The van der Waals surface area contributed by atoms with E-state index in [1.54, 1.807) is 0 Å². The molecule has 3 N–H and O–H groups in total. The van der Waals surface area contributed by atoms with Crippen molar-refractivity contribution < 1.29 is 3.07 Å². The van der Waals surface area contributed by atoms with Gasteiger partial charge in [0.1, 0.15) is 23.0 Å². The smallest absolute Gasteiger partial charge is 0.110 e. The summed E-state index contributed by atoms with van der Waals surface area (Å²) < 4.78 is 5.35. The molecular weight excluding hydrogens is 305 g/mol. The molecule has 0 aromatic carbocycles. The molecule has 0 aromatic heterocycles. The van der Waals surface area contributed by atoms with Crippen LogP contribution in [0.15, 0.2) is 0 Å². The standard InChI is InChI=1S/C10H20IN3O/c11-15-8-2-5-14(6-3-8)10-1-4-13-7-9(10)12/h8-10,13H,1-7,12H2. The first-order valence-corrected chi connectivity index (χ1v) is 6.67. The molecule has 2 heterocycles. The summed E-state index contributed by atoms with van der Waals surface area (Å²) in [5.74, 6) is 0. The minimum atomic E-state index is 0.302. The second-order valence-electron chi connectivity index (χ2n) is 4.55. The van der Waals surface area contributed by atoms with E-state index in [0.717, 1.165) is 39.0 Å². The summed E-state index contributed by atoms with van der Waals surface area (Å²) in [6.07, 6.45) is 3.95. The predicted octanol–water partition coefficient (Wildman–Crippen LogP) is 0.507. The third kappa shape index (κ3) is 3.03. The molecule has 2 atom stereocenters. The van der Waals surface area contributed by atoms with Crippen molar-refractivity contribution in [2.24, 2.45) is 5.73 Å². The van der Waals surface area contributed by atoms with Crippen LogP contribution in [0.5, 0.6) is 0 Å². The van der Waals surface area contributed by atoms with Gasteiger partial charge in [0.05, 0.1) is 6.10 Å². The van der Waals surface area contributed by atoms with Gasteiger partial charge in [0.15, 0.2) is 0 Å². The van der Waals surface area contributed by atoms with Gasteiger partial charge in [0, 0.05) is 31.7 Å². The SMILES string of the molecule is NC1CNCCC1N1CCC(OI)CC1. The van der Waals surface area contributed by atoms with Crippen molar-refractivity contribution in [2.45, 2.75) is 37.5 Å². The van der Waals surface area contributed by atoms with Gasteiger partial charge in [-0.05, 0) is 25.8 Å². The molecule has 0 aromatic rings. The molecule has 0 radical (unpaired) electrons. The molecule has 4 nitrogen and oxygen atoms in total. The summed E-state index contributed by atoms with van der Waals surface area (Å²) in [4.78, 5) is 2.55. The highest BCUT2D eigenvalue weighted by atomic mass is 127. The fraction of sp³-hybridized carbons (Fsp3) is 1.00. The van der Waals surface area contributed by atoms with Crippen LogP contribution in [0.2, 0.25) is 0 Å². The Bertz CT molecular complexity index is 197. The molecule has 2 unspecified atom stereocenters. The Hall–Kier alpha value is 0.570. The van der Waals surface area contributed by atoms with Crippen molar-refractivity contribution in [1.82, 2.24) is 10.2 Å². The second-order valence-corrected chi connectivity index (χ2v) is 5.06. The molecular formula is C10H20IN3O. The molecule has 2 rings (SSSR count). The van der Waals surface area contributed by atoms with E-state index in [2.05, 4.69) is 10.2 Å². The maximum Gasteiger partial charge on any atom is 0.110 e. The first-order chi connectivity index (χ1) is 7.31. The average molecular weight is 325 g/mol. The average Bonchev–Trinajstić information content (AvgIpc) is 2.30. The molecule has 0 spiro atoms. The van der Waals surface area contributed by atoms with E-state index in [4.69, 9.17) is 8.80 Å². The van der Waals surface area contributed by atoms with Crippen molar-refractivity contribution in [3.63, 3.8) is 0 Å². The van der Waals surface area contributed by atoms with Crippen LogP contribution in [0.25, 0.3) is 0 Å². The van der Waals surface area contributed by atoms with E-state index in [9.17, 15) is 0 Å². The summed E-state index contributed by atoms with van der Waals surface area (Å²) >= 11 is 2.02. The Kier molecular flexibility index (Phi) is 4.63. The van der Waals surface area contributed by atoms with Crippen LogP contribution >= 0.6 is 23.0 Å². The predicted molar refractivity (Wildman–Crippen MR) is 69.0 cm³/mol. The van der Waals surface area contributed by atoms with Gasteiger partial charge in [-0.1, -0.05) is 0 Å². The fourth-order valence-corrected chi connectivity index (χ4v) is 3.13. The van der Waals surface area contributed by atoms with Gasteiger partial charge < -0.3 is 14.1 Å². The lowest BCUT2D eigenvalue weighted by Gasteiger charge is -2.41. The summed E-state index contributed by atoms with van der Waals surface area (Å²) in [7, 11) is 0. The number of rotatable bonds is 2. The van der Waals surface area contributed by atoms with Gasteiger partial charge in [-0.3, -0.25) is 4.90 Å². The van der Waals surface area contributed by atoms with Crippen LogP contribution in [0.3, 0.4) is 0 Å². The van der Waals surface area contributed by atoms with E-state index in [1.807, 2.05) is 23.0 Å². The maximum absolute atomic E-state index is 6.14. The Labute approximate surface area is 106 Å². The van der Waals surface area contributed by atoms with Crippen LogP contribution in [0, 0.1) is 0 Å². The number of hydrogen-bond acceptors (Lipinski definition) is 4. The Morgan fingerprint density at radius 1 is 1.27 bits per heavy atom. The molecule has 0 aliphatic carbocycles. The third-order valence-corrected chi connectivity index (χ3v) is 4.28. The van der Waals surface area contributed by atoms with Crippen LogP contribution in [-0.2, 0) is 3.07 Å². The number of nitrogens with zero attached hydrogens (tertiary/aromatic N) is 1. The summed E-state index contributed by atoms with van der Waals surface area (Å²) in [5.41, 5.74) is 6.14. The number of hydrogen-bond donors (Lipinski definition) is 2. The zero-order valence-electron chi connectivity index (χ0n) is 8.99. The summed E-state index contributed by atoms with van der Waals surface area (Å²) in [6, 6.07) is 0.886. The van der Waals surface area contributed by atoms with E-state index >= 15 is 0 Å². The summed E-state index contributed by atoms with van der Waals surface area (Å²) in [6.45, 7) is 4.37. The molecule has 88 valence electrons. The van der Waals surface area contributed by atoms with E-state index < -0.39 is 0 Å². The first kappa shape index (κ1) is 12.0. The molecule has 0 saturated carbocycles. The van der Waals surface area contributed by atoms with Crippen LogP contribution in [0.4, 0.5) is 0 Å². The van der Waals surface area contributed by atoms with E-state index in [-0.39, 0.29) is 0 Å². The van der Waals surface area contributed by atoms with Gasteiger partial charge in [-0.15, -0.1) is 0 Å². The largest absolute Gasteiger partial charge is 0.325 e. The number of halogens is 1. The molecule has 15 heavy (non-hydrogen) atoms. The van der Waals surface area contributed by atoms with Crippen molar-refractivity contribution in [1.29, 1.82) is 0 Å². The third-order valence-electron chi connectivity index (χ3n) is 3.56. The molecule has 0 amide bonds. The van der Waals surface area contributed by atoms with Crippen molar-refractivity contribution in [2.75, 3.05) is 26.2 Å². The fourth-order valence-electron chi connectivity index (χ4n) is 2.62. The quantitative estimate of drug-likeness (QED) is 0.727. The monoisotopic (exact) mass is 325 g/mol. The zero-order chi connectivity index (χ0) is 10.7. The lowest BCUT2D eigenvalue weighted by molar-refractivity contribution is 0.0762. The number of nitrogens with two attached hydrogens (primary N) is 1. The maximum atomic E-state index is 6.14. The number of likely N-dealkylation sites (tertiary alicyclic amines) is 1. The second kappa shape index (κ2) is 5.77. The molecule has 5 heteroatoms. The number of nitrogens with one attached hydrogen (secondary N) is 1. The van der Waals surface area contributed by atoms with Gasteiger partial charge >= 0.3 is 0 Å². The Morgan fingerprint density at radius 2 is 2.00 bits per heavy atom. The molecule has 2 aliphatic rings. The molecule has 2 aliphatic heterocycles. The summed E-state index contributed by atoms with van der Waals surface area (Å²) in [5, 5.41) is 3.35. The first-order valence-electron chi connectivity index (χ1n) is 5.79. The molecule has 0 bridgehead atoms. The Morgan fingerprint density at radius 3 is 2.60 bits per heavy atom. The van der Waals surface area contributed by atoms with Gasteiger partial charge in [-0.25, -0.2) is 0 Å². The highest BCUT2D eigenvalue weighted by molar-refractivity contribution is 14.1. The Balaban J connectivity index is 1.83. The minimum absolute atomic E-state index is 0.302. The number of piperidine rings is 2. The van der Waals surface area contributed by atoms with Gasteiger partial charge in [0.2, 0.25) is 0 Å². The lowest BCUT2D eigenvalue weighted by Crippen LogP contribution is -2.58. The normalized spacial score (nSPS) is 35.6. The minimum Gasteiger partial charge on any atom is -0.325 e.